The van der Waals surface area contributed by atoms with Gasteiger partial charge < -0.3 is 10.2 Å². The number of carbonyl (C=O) groups excluding carboxylic acids is 2. The van der Waals surface area contributed by atoms with Gasteiger partial charge in [0.25, 0.3) is 0 Å². The first-order valence-corrected chi connectivity index (χ1v) is 8.07. The van der Waals surface area contributed by atoms with Crippen molar-refractivity contribution in [2.24, 2.45) is 0 Å². The molecule has 2 amide bonds. The van der Waals surface area contributed by atoms with Crippen LogP contribution in [0.3, 0.4) is 0 Å². The van der Waals surface area contributed by atoms with Crippen LogP contribution in [0.25, 0.3) is 0 Å². The molecule has 1 N–H and O–H groups in total. The molecule has 0 unspecified atom stereocenters. The highest BCUT2D eigenvalue weighted by Crippen LogP contribution is 2.23. The van der Waals surface area contributed by atoms with Crippen LogP contribution in [0.4, 0.5) is 15.8 Å². The first-order valence-electron chi connectivity index (χ1n) is 8.07. The van der Waals surface area contributed by atoms with E-state index in [0.717, 1.165) is 18.7 Å². The van der Waals surface area contributed by atoms with Gasteiger partial charge in [0.05, 0.1) is 0 Å². The highest BCUT2D eigenvalue weighted by molar-refractivity contribution is 5.96. The zero-order valence-electron chi connectivity index (χ0n) is 13.3. The number of nitrogens with one attached hydrogen (secondary N) is 1. The lowest BCUT2D eigenvalue weighted by molar-refractivity contribution is -0.117. The Bertz CT molecular complexity index is 743. The van der Waals surface area contributed by atoms with Crippen molar-refractivity contribution < 1.29 is 14.0 Å². The topological polar surface area (TPSA) is 49.4 Å². The first-order chi connectivity index (χ1) is 11.6. The van der Waals surface area contributed by atoms with E-state index in [1.807, 2.05) is 12.1 Å². The van der Waals surface area contributed by atoms with Crippen LogP contribution in [0, 0.1) is 5.82 Å². The van der Waals surface area contributed by atoms with Crippen LogP contribution >= 0.6 is 0 Å². The predicted octanol–water partition coefficient (Wildman–Crippen LogP) is 3.52. The van der Waals surface area contributed by atoms with Crippen molar-refractivity contribution in [3.8, 4) is 0 Å². The summed E-state index contributed by atoms with van der Waals surface area (Å²) < 4.78 is 13.5. The number of rotatable bonds is 5. The van der Waals surface area contributed by atoms with Gasteiger partial charge in [-0.15, -0.1) is 0 Å². The largest absolute Gasteiger partial charge is 0.326 e. The molecule has 124 valence electrons. The second-order valence-corrected chi connectivity index (χ2v) is 5.84. The monoisotopic (exact) mass is 326 g/mol. The van der Waals surface area contributed by atoms with Crippen LogP contribution in [0.5, 0.6) is 0 Å². The average Bonchev–Trinajstić information content (AvgIpc) is 3.01. The van der Waals surface area contributed by atoms with E-state index in [2.05, 4.69) is 5.32 Å². The standard InChI is InChI=1S/C19H19FN2O2/c20-17-5-2-1-4-14(17)7-12-18(23)21-15-8-10-16(11-9-15)22-13-3-6-19(22)24/h1-2,4-5,8-11H,3,6-7,12-13H2,(H,21,23). The number of benzene rings is 2. The Labute approximate surface area is 140 Å². The predicted molar refractivity (Wildman–Crippen MR) is 91.4 cm³/mol. The average molecular weight is 326 g/mol. The number of halogens is 1. The van der Waals surface area contributed by atoms with Gasteiger partial charge in [0.15, 0.2) is 0 Å². The van der Waals surface area contributed by atoms with Gasteiger partial charge in [-0.1, -0.05) is 18.2 Å². The number of amides is 2. The Hall–Kier alpha value is -2.69. The number of nitrogens with zero attached hydrogens (tertiary/aromatic N) is 1. The minimum absolute atomic E-state index is 0.136. The van der Waals surface area contributed by atoms with E-state index < -0.39 is 0 Å². The molecule has 0 aliphatic carbocycles. The molecule has 1 saturated heterocycles. The molecule has 0 saturated carbocycles. The molecule has 2 aromatic carbocycles. The fraction of sp³-hybridized carbons (Fsp3) is 0.263. The van der Waals surface area contributed by atoms with Crippen molar-refractivity contribution in [3.63, 3.8) is 0 Å². The van der Waals surface area contributed by atoms with E-state index in [1.54, 1.807) is 35.2 Å². The van der Waals surface area contributed by atoms with E-state index in [9.17, 15) is 14.0 Å². The number of hydrogen-bond donors (Lipinski definition) is 1. The lowest BCUT2D eigenvalue weighted by Crippen LogP contribution is -2.23. The van der Waals surface area contributed by atoms with Crippen LogP contribution in [0.2, 0.25) is 0 Å². The van der Waals surface area contributed by atoms with Crippen LogP contribution in [0.1, 0.15) is 24.8 Å². The maximum atomic E-state index is 13.5. The zero-order valence-corrected chi connectivity index (χ0v) is 13.3. The zero-order chi connectivity index (χ0) is 16.9. The smallest absolute Gasteiger partial charge is 0.227 e. The van der Waals surface area contributed by atoms with Crippen molar-refractivity contribution >= 4 is 23.2 Å². The SMILES string of the molecule is O=C(CCc1ccccc1F)Nc1ccc(N2CCCC2=O)cc1. The highest BCUT2D eigenvalue weighted by atomic mass is 19.1. The summed E-state index contributed by atoms with van der Waals surface area (Å²) in [6, 6.07) is 13.7. The molecule has 1 aliphatic rings. The van der Waals surface area contributed by atoms with Gasteiger partial charge in [-0.25, -0.2) is 4.39 Å². The maximum Gasteiger partial charge on any atom is 0.227 e. The van der Waals surface area contributed by atoms with Gasteiger partial charge in [-0.05, 0) is 48.7 Å². The molecule has 1 aliphatic heterocycles. The maximum absolute atomic E-state index is 13.5. The number of anilines is 2. The third-order valence-electron chi connectivity index (χ3n) is 4.12. The summed E-state index contributed by atoms with van der Waals surface area (Å²) >= 11 is 0. The molecule has 4 nitrogen and oxygen atoms in total. The van der Waals surface area contributed by atoms with E-state index in [4.69, 9.17) is 0 Å². The van der Waals surface area contributed by atoms with Crippen molar-refractivity contribution in [1.29, 1.82) is 0 Å². The summed E-state index contributed by atoms with van der Waals surface area (Å²) in [4.78, 5) is 25.5. The van der Waals surface area contributed by atoms with E-state index >= 15 is 0 Å². The Morgan fingerprint density at radius 3 is 2.54 bits per heavy atom. The van der Waals surface area contributed by atoms with Crippen LogP contribution in [-0.2, 0) is 16.0 Å². The first kappa shape index (κ1) is 16.2. The van der Waals surface area contributed by atoms with Crippen molar-refractivity contribution in [1.82, 2.24) is 0 Å². The van der Waals surface area contributed by atoms with E-state index in [0.29, 0.717) is 24.1 Å². The minimum atomic E-state index is -0.287. The number of carbonyl (C=O) groups is 2. The fourth-order valence-electron chi connectivity index (χ4n) is 2.82. The molecule has 0 aromatic heterocycles. The van der Waals surface area contributed by atoms with E-state index in [1.165, 1.54) is 6.07 Å². The molecule has 0 spiro atoms. The normalized spacial score (nSPS) is 14.0. The lowest BCUT2D eigenvalue weighted by Gasteiger charge is -2.16. The third kappa shape index (κ3) is 3.79. The summed E-state index contributed by atoms with van der Waals surface area (Å²) in [6.45, 7) is 0.743. The molecule has 0 radical (unpaired) electrons. The second kappa shape index (κ2) is 7.25. The molecule has 0 bridgehead atoms. The third-order valence-corrected chi connectivity index (χ3v) is 4.12. The molecule has 1 fully saturated rings. The van der Waals surface area contributed by atoms with Gasteiger partial charge in [-0.3, -0.25) is 9.59 Å². The summed E-state index contributed by atoms with van der Waals surface area (Å²) in [5.74, 6) is -0.315. The Kier molecular flexibility index (Phi) is 4.89. The van der Waals surface area contributed by atoms with E-state index in [-0.39, 0.29) is 24.1 Å². The van der Waals surface area contributed by atoms with Crippen molar-refractivity contribution in [2.75, 3.05) is 16.8 Å². The molecular formula is C19H19FN2O2. The quantitative estimate of drug-likeness (QED) is 0.914. The highest BCUT2D eigenvalue weighted by Gasteiger charge is 2.21. The summed E-state index contributed by atoms with van der Waals surface area (Å²) in [5.41, 5.74) is 2.06. The van der Waals surface area contributed by atoms with Gasteiger partial charge in [0, 0.05) is 30.8 Å². The van der Waals surface area contributed by atoms with Gasteiger partial charge in [-0.2, -0.15) is 0 Å². The summed E-state index contributed by atoms with van der Waals surface area (Å²) in [6.07, 6.45) is 2.05. The molecule has 0 atom stereocenters. The fourth-order valence-corrected chi connectivity index (χ4v) is 2.82. The summed E-state index contributed by atoms with van der Waals surface area (Å²) in [7, 11) is 0. The number of aryl methyl sites for hydroxylation is 1. The second-order valence-electron chi connectivity index (χ2n) is 5.84. The molecule has 3 rings (SSSR count). The Balaban J connectivity index is 1.55. The molecule has 24 heavy (non-hydrogen) atoms. The van der Waals surface area contributed by atoms with Crippen LogP contribution < -0.4 is 10.2 Å². The van der Waals surface area contributed by atoms with Crippen LogP contribution in [-0.4, -0.2) is 18.4 Å². The molecule has 2 aromatic rings. The minimum Gasteiger partial charge on any atom is -0.326 e. The van der Waals surface area contributed by atoms with Gasteiger partial charge in [0.2, 0.25) is 11.8 Å². The lowest BCUT2D eigenvalue weighted by atomic mass is 10.1. The molecule has 5 heteroatoms. The summed E-state index contributed by atoms with van der Waals surface area (Å²) in [5, 5.41) is 2.80. The van der Waals surface area contributed by atoms with Crippen LogP contribution in [0.15, 0.2) is 48.5 Å². The number of hydrogen-bond acceptors (Lipinski definition) is 2. The molecular weight excluding hydrogens is 307 g/mol. The van der Waals surface area contributed by atoms with Crippen molar-refractivity contribution in [3.05, 3.63) is 59.9 Å². The molecule has 1 heterocycles. The Morgan fingerprint density at radius 1 is 1.12 bits per heavy atom. The van der Waals surface area contributed by atoms with Gasteiger partial charge in [0.1, 0.15) is 5.82 Å². The van der Waals surface area contributed by atoms with Gasteiger partial charge >= 0.3 is 0 Å². The van der Waals surface area contributed by atoms with Crippen molar-refractivity contribution in [2.45, 2.75) is 25.7 Å². The Morgan fingerprint density at radius 2 is 1.88 bits per heavy atom.